The van der Waals surface area contributed by atoms with Gasteiger partial charge in [-0.15, -0.1) is 0 Å². The normalized spacial score (nSPS) is 37.4. The molecule has 37 heavy (non-hydrogen) atoms. The molecule has 2 aliphatic rings. The van der Waals surface area contributed by atoms with Gasteiger partial charge in [0.1, 0.15) is 12.2 Å². The fourth-order valence-electron chi connectivity index (χ4n) is 4.96. The molecule has 2 rings (SSSR count). The molecule has 2 fully saturated rings. The van der Waals surface area contributed by atoms with E-state index in [2.05, 4.69) is 4.18 Å². The zero-order valence-corrected chi connectivity index (χ0v) is 22.7. The van der Waals surface area contributed by atoms with E-state index in [0.29, 0.717) is 6.42 Å². The third-order valence-corrected chi connectivity index (χ3v) is 7.92. The lowest BCUT2D eigenvalue weighted by molar-refractivity contribution is -0.208. The van der Waals surface area contributed by atoms with Crippen molar-refractivity contribution in [1.29, 1.82) is 0 Å². The predicted molar refractivity (Wildman–Crippen MR) is 125 cm³/mol. The SMILES string of the molecule is CC[C@@H]1OC(COS(=O)(=O)O)[C@H](COC[C@@H]2OC(C(=O)O)[C@H](COC)[C@H](C)C2OS(=O)(=O)O)[C@H](C)C1N. The fourth-order valence-corrected chi connectivity index (χ4v) is 5.85. The molecule has 0 saturated carbocycles. The minimum Gasteiger partial charge on any atom is -0.479 e. The number of ether oxygens (including phenoxy) is 4. The van der Waals surface area contributed by atoms with Gasteiger partial charge in [0.25, 0.3) is 0 Å². The summed E-state index contributed by atoms with van der Waals surface area (Å²) in [6.07, 6.45) is -4.55. The van der Waals surface area contributed by atoms with Gasteiger partial charge in [-0.1, -0.05) is 20.8 Å². The van der Waals surface area contributed by atoms with Gasteiger partial charge in [0.2, 0.25) is 0 Å². The second-order valence-corrected chi connectivity index (χ2v) is 11.5. The Bertz CT molecular complexity index is 960. The number of methoxy groups -OCH3 is 1. The molecule has 5 N–H and O–H groups in total. The van der Waals surface area contributed by atoms with Crippen LogP contribution in [-0.4, -0.2) is 107 Å². The molecule has 17 heteroatoms. The van der Waals surface area contributed by atoms with Crippen LogP contribution in [0.4, 0.5) is 0 Å². The highest BCUT2D eigenvalue weighted by atomic mass is 32.3. The summed E-state index contributed by atoms with van der Waals surface area (Å²) in [7, 11) is -8.30. The highest BCUT2D eigenvalue weighted by Gasteiger charge is 2.49. The molecule has 0 aromatic heterocycles. The number of nitrogens with two attached hydrogens (primary N) is 1. The van der Waals surface area contributed by atoms with Crippen LogP contribution in [0.25, 0.3) is 0 Å². The van der Waals surface area contributed by atoms with Crippen molar-refractivity contribution in [1.82, 2.24) is 0 Å². The third kappa shape index (κ3) is 9.03. The van der Waals surface area contributed by atoms with Crippen molar-refractivity contribution in [3.05, 3.63) is 0 Å². The van der Waals surface area contributed by atoms with Crippen LogP contribution >= 0.6 is 0 Å². The molecule has 0 aliphatic carbocycles. The number of carboxylic acids is 1. The van der Waals surface area contributed by atoms with E-state index in [4.69, 9.17) is 33.4 Å². The molecule has 2 saturated heterocycles. The Balaban J connectivity index is 2.20. The molecule has 2 heterocycles. The van der Waals surface area contributed by atoms with Gasteiger partial charge < -0.3 is 29.8 Å². The van der Waals surface area contributed by atoms with Gasteiger partial charge in [-0.05, 0) is 18.3 Å². The van der Waals surface area contributed by atoms with Crippen LogP contribution in [0.2, 0.25) is 0 Å². The molecule has 0 radical (unpaired) electrons. The van der Waals surface area contributed by atoms with Crippen LogP contribution in [0.3, 0.4) is 0 Å². The van der Waals surface area contributed by atoms with Crippen molar-refractivity contribution in [2.75, 3.05) is 33.5 Å². The quantitative estimate of drug-likeness (QED) is 0.202. The molecule has 2 aliphatic heterocycles. The van der Waals surface area contributed by atoms with Gasteiger partial charge in [-0.25, -0.2) is 13.2 Å². The number of hydrogen-bond donors (Lipinski definition) is 4. The van der Waals surface area contributed by atoms with Crippen LogP contribution < -0.4 is 5.73 Å². The van der Waals surface area contributed by atoms with Crippen molar-refractivity contribution in [2.45, 2.75) is 63.8 Å². The van der Waals surface area contributed by atoms with Crippen molar-refractivity contribution >= 4 is 26.8 Å². The van der Waals surface area contributed by atoms with Gasteiger partial charge in [-0.2, -0.15) is 16.8 Å². The minimum atomic E-state index is -4.92. The maximum Gasteiger partial charge on any atom is 0.397 e. The Labute approximate surface area is 216 Å². The standard InChI is InChI=1S/C20H37NO14S2/c1-5-14-17(21)10(2)12(15(33-14)9-32-36(24,25)26)7-31-8-16-18(35-37(27,28)29)11(3)13(6-30-4)19(34-16)20(22)23/h10-19H,5-9,21H2,1-4H3,(H,22,23)(H,24,25,26)(H,27,28,29)/t10-,11-,12+,13+,14-,15?,16-,17?,18?,19?/m0/s1. The Morgan fingerprint density at radius 2 is 1.54 bits per heavy atom. The second-order valence-electron chi connectivity index (χ2n) is 9.37. The zero-order valence-electron chi connectivity index (χ0n) is 21.0. The van der Waals surface area contributed by atoms with Gasteiger partial charge >= 0.3 is 26.8 Å². The Morgan fingerprint density at radius 1 is 0.892 bits per heavy atom. The first-order valence-electron chi connectivity index (χ1n) is 11.7. The van der Waals surface area contributed by atoms with Crippen LogP contribution in [0, 0.1) is 23.7 Å². The fraction of sp³-hybridized carbons (Fsp3) is 0.950. The molecule has 218 valence electrons. The molecule has 4 unspecified atom stereocenters. The van der Waals surface area contributed by atoms with Gasteiger partial charge in [-0.3, -0.25) is 9.11 Å². The molecular weight excluding hydrogens is 542 g/mol. The molecule has 0 spiro atoms. The predicted octanol–water partition coefficient (Wildman–Crippen LogP) is -0.482. The summed E-state index contributed by atoms with van der Waals surface area (Å²) in [4.78, 5) is 11.8. The van der Waals surface area contributed by atoms with E-state index in [-0.39, 0.29) is 25.7 Å². The number of hydrogen-bond acceptors (Lipinski definition) is 12. The van der Waals surface area contributed by atoms with Gasteiger partial charge in [0.05, 0.1) is 38.6 Å². The van der Waals surface area contributed by atoms with Crippen LogP contribution in [0.15, 0.2) is 0 Å². The minimum absolute atomic E-state index is 0.0695. The molecule has 10 atom stereocenters. The molecule has 0 aromatic rings. The van der Waals surface area contributed by atoms with Gasteiger partial charge in [0.15, 0.2) is 6.10 Å². The van der Waals surface area contributed by atoms with Crippen molar-refractivity contribution in [3.8, 4) is 0 Å². The summed E-state index contributed by atoms with van der Waals surface area (Å²) < 4.78 is 95.2. The van der Waals surface area contributed by atoms with E-state index in [1.165, 1.54) is 7.11 Å². The first-order chi connectivity index (χ1) is 17.1. The summed E-state index contributed by atoms with van der Waals surface area (Å²) in [5.41, 5.74) is 6.28. The summed E-state index contributed by atoms with van der Waals surface area (Å²) in [6, 6.07) is -0.423. The first kappa shape index (κ1) is 32.2. The van der Waals surface area contributed by atoms with E-state index < -0.39 is 87.7 Å². The summed E-state index contributed by atoms with van der Waals surface area (Å²) >= 11 is 0. The average molecular weight is 580 g/mol. The lowest BCUT2D eigenvalue weighted by atomic mass is 9.79. The highest BCUT2D eigenvalue weighted by Crippen LogP contribution is 2.36. The first-order valence-corrected chi connectivity index (χ1v) is 14.5. The summed E-state index contributed by atoms with van der Waals surface area (Å²) in [6.45, 7) is 4.23. The van der Waals surface area contributed by atoms with Crippen molar-refractivity contribution < 1.29 is 63.2 Å². The molecule has 0 amide bonds. The van der Waals surface area contributed by atoms with Crippen molar-refractivity contribution in [3.63, 3.8) is 0 Å². The summed E-state index contributed by atoms with van der Waals surface area (Å²) in [5, 5.41) is 9.65. The summed E-state index contributed by atoms with van der Waals surface area (Å²) in [5.74, 6) is -3.58. The number of carboxylic acid groups (broad SMARTS) is 1. The van der Waals surface area contributed by atoms with Crippen molar-refractivity contribution in [2.24, 2.45) is 29.4 Å². The lowest BCUT2D eigenvalue weighted by Crippen LogP contribution is -2.58. The van der Waals surface area contributed by atoms with Crippen LogP contribution in [-0.2, 0) is 52.9 Å². The maximum atomic E-state index is 11.8. The van der Waals surface area contributed by atoms with E-state index >= 15 is 0 Å². The molecule has 0 bridgehead atoms. The van der Waals surface area contributed by atoms with E-state index in [1.807, 2.05) is 13.8 Å². The maximum absolute atomic E-state index is 11.8. The Morgan fingerprint density at radius 3 is 2.05 bits per heavy atom. The van der Waals surface area contributed by atoms with Crippen LogP contribution in [0.5, 0.6) is 0 Å². The molecule has 0 aromatic carbocycles. The van der Waals surface area contributed by atoms with E-state index in [0.717, 1.165) is 0 Å². The molecule has 15 nitrogen and oxygen atoms in total. The smallest absolute Gasteiger partial charge is 0.397 e. The highest BCUT2D eigenvalue weighted by molar-refractivity contribution is 7.81. The molecular formula is C20H37NO14S2. The Kier molecular flexibility index (Phi) is 11.7. The third-order valence-electron chi connectivity index (χ3n) is 7.02. The van der Waals surface area contributed by atoms with E-state index in [1.54, 1.807) is 6.92 Å². The zero-order chi connectivity index (χ0) is 28.1. The Hall–Kier alpha value is -0.990. The van der Waals surface area contributed by atoms with E-state index in [9.17, 15) is 31.3 Å². The topological polar surface area (TPSA) is 227 Å². The monoisotopic (exact) mass is 579 g/mol. The number of carbonyl (C=O) groups is 1. The lowest BCUT2D eigenvalue weighted by Gasteiger charge is -2.45. The van der Waals surface area contributed by atoms with Gasteiger partial charge in [0, 0.05) is 25.0 Å². The second kappa shape index (κ2) is 13.4. The van der Waals surface area contributed by atoms with Crippen LogP contribution in [0.1, 0.15) is 27.2 Å². The number of rotatable bonds is 13. The largest absolute Gasteiger partial charge is 0.479 e. The average Bonchev–Trinajstić information content (AvgIpc) is 2.78. The number of aliphatic carboxylic acids is 1.